The summed E-state index contributed by atoms with van der Waals surface area (Å²) in [5.41, 5.74) is 8.98. The maximum absolute atomic E-state index is 5.05. The Kier molecular flexibility index (Phi) is 5.83. The molecule has 2 heterocycles. The molecular formula is C35H26N4. The number of aromatic nitrogens is 4. The van der Waals surface area contributed by atoms with E-state index >= 15 is 0 Å². The van der Waals surface area contributed by atoms with Crippen molar-refractivity contribution in [1.82, 2.24) is 19.1 Å². The monoisotopic (exact) mass is 502 g/mol. The van der Waals surface area contributed by atoms with Gasteiger partial charge in [0.1, 0.15) is 11.6 Å². The van der Waals surface area contributed by atoms with Crippen molar-refractivity contribution in [2.45, 2.75) is 6.42 Å². The molecule has 39 heavy (non-hydrogen) atoms. The summed E-state index contributed by atoms with van der Waals surface area (Å²) in [7, 11) is 0. The summed E-state index contributed by atoms with van der Waals surface area (Å²) >= 11 is 0. The second kappa shape index (κ2) is 9.92. The van der Waals surface area contributed by atoms with Gasteiger partial charge in [0.25, 0.3) is 0 Å². The summed E-state index contributed by atoms with van der Waals surface area (Å²) < 4.78 is 4.38. The molecule has 0 bridgehead atoms. The van der Waals surface area contributed by atoms with Gasteiger partial charge in [-0.25, -0.2) is 9.97 Å². The molecule has 0 atom stereocenters. The summed E-state index contributed by atoms with van der Waals surface area (Å²) in [6.45, 7) is 0. The molecule has 0 N–H and O–H groups in total. The van der Waals surface area contributed by atoms with Gasteiger partial charge in [-0.3, -0.25) is 9.13 Å². The van der Waals surface area contributed by atoms with E-state index in [0.717, 1.165) is 51.6 Å². The van der Waals surface area contributed by atoms with Crippen LogP contribution >= 0.6 is 0 Å². The first kappa shape index (κ1) is 22.9. The number of benzene rings is 5. The van der Waals surface area contributed by atoms with E-state index in [4.69, 9.17) is 4.98 Å². The number of rotatable bonds is 6. The zero-order valence-corrected chi connectivity index (χ0v) is 21.4. The molecule has 0 amide bonds. The second-order valence-electron chi connectivity index (χ2n) is 9.63. The van der Waals surface area contributed by atoms with Gasteiger partial charge in [0.15, 0.2) is 0 Å². The third-order valence-corrected chi connectivity index (χ3v) is 7.03. The summed E-state index contributed by atoms with van der Waals surface area (Å²) in [6, 6.07) is 46.5. The lowest BCUT2D eigenvalue weighted by Gasteiger charge is -2.11. The molecule has 7 aromatic rings. The molecule has 0 fully saturated rings. The Balaban J connectivity index is 1.24. The smallest absolute Gasteiger partial charge is 0.145 e. The molecule has 7 rings (SSSR count). The maximum atomic E-state index is 5.05. The fourth-order valence-electron chi connectivity index (χ4n) is 5.25. The topological polar surface area (TPSA) is 35.6 Å². The van der Waals surface area contributed by atoms with Gasteiger partial charge in [-0.2, -0.15) is 0 Å². The molecule has 0 saturated heterocycles. The van der Waals surface area contributed by atoms with E-state index in [9.17, 15) is 0 Å². The fraction of sp³-hybridized carbons (Fsp3) is 0.0286. The van der Waals surface area contributed by atoms with Gasteiger partial charge in [0.2, 0.25) is 0 Å². The fourth-order valence-corrected chi connectivity index (χ4v) is 5.25. The quantitative estimate of drug-likeness (QED) is 0.230. The summed E-state index contributed by atoms with van der Waals surface area (Å²) in [6.07, 6.45) is 4.69. The van der Waals surface area contributed by atoms with E-state index in [1.807, 2.05) is 30.6 Å². The highest BCUT2D eigenvalue weighted by Crippen LogP contribution is 2.30. The van der Waals surface area contributed by atoms with Gasteiger partial charge >= 0.3 is 0 Å². The van der Waals surface area contributed by atoms with Crippen LogP contribution in [0.2, 0.25) is 0 Å². The van der Waals surface area contributed by atoms with E-state index in [-0.39, 0.29) is 0 Å². The third-order valence-electron chi connectivity index (χ3n) is 7.03. The predicted octanol–water partition coefficient (Wildman–Crippen LogP) is 8.14. The highest BCUT2D eigenvalue weighted by molar-refractivity contribution is 5.83. The molecule has 5 aromatic carbocycles. The van der Waals surface area contributed by atoms with Crippen LogP contribution in [0.25, 0.3) is 45.2 Å². The summed E-state index contributed by atoms with van der Waals surface area (Å²) in [4.78, 5) is 9.72. The van der Waals surface area contributed by atoms with Crippen LogP contribution in [0.3, 0.4) is 0 Å². The van der Waals surface area contributed by atoms with Gasteiger partial charge in [-0.15, -0.1) is 0 Å². The molecule has 0 aliphatic carbocycles. The van der Waals surface area contributed by atoms with Gasteiger partial charge in [-0.1, -0.05) is 84.9 Å². The number of fused-ring (bicyclic) bond motifs is 1. The second-order valence-corrected chi connectivity index (χ2v) is 9.63. The van der Waals surface area contributed by atoms with Gasteiger partial charge < -0.3 is 0 Å². The van der Waals surface area contributed by atoms with Crippen molar-refractivity contribution in [3.63, 3.8) is 0 Å². The molecule has 0 spiro atoms. The van der Waals surface area contributed by atoms with Crippen molar-refractivity contribution in [1.29, 1.82) is 0 Å². The first-order valence-corrected chi connectivity index (χ1v) is 13.1. The number of nitrogens with zero attached hydrogens (tertiary/aromatic N) is 4. The van der Waals surface area contributed by atoms with Crippen LogP contribution in [0.4, 0.5) is 0 Å². The Labute approximate surface area is 227 Å². The molecule has 0 aliphatic heterocycles. The molecule has 0 unspecified atom stereocenters. The molecule has 0 aliphatic rings. The molecule has 0 radical (unpaired) electrons. The average molecular weight is 503 g/mol. The Morgan fingerprint density at radius 1 is 0.538 bits per heavy atom. The van der Waals surface area contributed by atoms with E-state index in [2.05, 4.69) is 129 Å². The number of hydrogen-bond acceptors (Lipinski definition) is 2. The van der Waals surface area contributed by atoms with Crippen molar-refractivity contribution in [3.05, 3.63) is 157 Å². The minimum Gasteiger partial charge on any atom is -0.300 e. The molecule has 186 valence electrons. The van der Waals surface area contributed by atoms with E-state index in [0.29, 0.717) is 0 Å². The van der Waals surface area contributed by atoms with Crippen LogP contribution < -0.4 is 0 Å². The lowest BCUT2D eigenvalue weighted by Crippen LogP contribution is -1.98. The van der Waals surface area contributed by atoms with E-state index < -0.39 is 0 Å². The van der Waals surface area contributed by atoms with Crippen molar-refractivity contribution in [3.8, 4) is 34.2 Å². The molecule has 0 saturated carbocycles. The van der Waals surface area contributed by atoms with Crippen molar-refractivity contribution in [2.75, 3.05) is 0 Å². The number of imidazole rings is 2. The number of hydrogen-bond donors (Lipinski definition) is 0. The Bertz CT molecular complexity index is 1880. The van der Waals surface area contributed by atoms with Crippen LogP contribution in [0.1, 0.15) is 11.1 Å². The van der Waals surface area contributed by atoms with Crippen LogP contribution in [-0.4, -0.2) is 19.1 Å². The molecule has 2 aromatic heterocycles. The van der Waals surface area contributed by atoms with E-state index in [1.165, 1.54) is 11.1 Å². The number of para-hydroxylation sites is 4. The SMILES string of the molecule is c1ccc(-n2ccnc2-c2cccc(Cc3cccc(-c4nc5ccccc5n4-c4ccccc4)c3)c2)cc1. The highest BCUT2D eigenvalue weighted by Gasteiger charge is 2.15. The Hall–Kier alpha value is -5.22. The predicted molar refractivity (Wildman–Crippen MR) is 158 cm³/mol. The zero-order chi connectivity index (χ0) is 26.0. The van der Waals surface area contributed by atoms with Crippen molar-refractivity contribution >= 4 is 11.0 Å². The van der Waals surface area contributed by atoms with Crippen LogP contribution in [0.5, 0.6) is 0 Å². The maximum Gasteiger partial charge on any atom is 0.145 e. The molecule has 4 heteroatoms. The lowest BCUT2D eigenvalue weighted by atomic mass is 10.0. The van der Waals surface area contributed by atoms with Crippen LogP contribution in [0, 0.1) is 0 Å². The highest BCUT2D eigenvalue weighted by atomic mass is 15.1. The minimum absolute atomic E-state index is 0.819. The van der Waals surface area contributed by atoms with Gasteiger partial charge in [0, 0.05) is 34.9 Å². The first-order chi connectivity index (χ1) is 19.3. The first-order valence-electron chi connectivity index (χ1n) is 13.1. The summed E-state index contributed by atoms with van der Waals surface area (Å²) in [5, 5.41) is 0. The third kappa shape index (κ3) is 4.42. The standard InChI is InChI=1S/C35H26N4/c1-3-15-30(16-4-1)38-22-21-36-34(38)28-13-9-11-26(24-28)23-27-12-10-14-29(25-27)35-37-32-19-7-8-20-33(32)39(35)31-17-5-2-6-18-31/h1-22,24-25H,23H2. The Morgan fingerprint density at radius 3 is 1.87 bits per heavy atom. The van der Waals surface area contributed by atoms with E-state index in [1.54, 1.807) is 0 Å². The van der Waals surface area contributed by atoms with Crippen LogP contribution in [0.15, 0.2) is 146 Å². The molecule has 4 nitrogen and oxygen atoms in total. The Morgan fingerprint density at radius 2 is 1.15 bits per heavy atom. The largest absolute Gasteiger partial charge is 0.300 e. The van der Waals surface area contributed by atoms with Crippen molar-refractivity contribution in [2.24, 2.45) is 0 Å². The zero-order valence-electron chi connectivity index (χ0n) is 21.4. The van der Waals surface area contributed by atoms with Crippen molar-refractivity contribution < 1.29 is 0 Å². The molecular weight excluding hydrogens is 476 g/mol. The van der Waals surface area contributed by atoms with Gasteiger partial charge in [0.05, 0.1) is 11.0 Å². The normalized spacial score (nSPS) is 11.2. The lowest BCUT2D eigenvalue weighted by molar-refractivity contribution is 1.06. The minimum atomic E-state index is 0.819. The average Bonchev–Trinajstić information content (AvgIpc) is 3.64. The van der Waals surface area contributed by atoms with Gasteiger partial charge in [-0.05, 0) is 66.1 Å². The van der Waals surface area contributed by atoms with Crippen LogP contribution in [-0.2, 0) is 6.42 Å². The summed E-state index contributed by atoms with van der Waals surface area (Å²) in [5.74, 6) is 1.89.